The first-order valence-corrected chi connectivity index (χ1v) is 6.27. The molecule has 0 heterocycles. The highest BCUT2D eigenvalue weighted by Gasteiger charge is 2.08. The first-order chi connectivity index (χ1) is 8.67. The van der Waals surface area contributed by atoms with Crippen molar-refractivity contribution in [3.63, 3.8) is 0 Å². The molecule has 1 N–H and O–H groups in total. The molecule has 0 aliphatic carbocycles. The van der Waals surface area contributed by atoms with Crippen LogP contribution in [0.4, 0.5) is 0 Å². The van der Waals surface area contributed by atoms with Gasteiger partial charge in [0.2, 0.25) is 5.91 Å². The van der Waals surface area contributed by atoms with Gasteiger partial charge in [0.05, 0.1) is 13.0 Å². The Morgan fingerprint density at radius 1 is 1.33 bits per heavy atom. The van der Waals surface area contributed by atoms with Gasteiger partial charge < -0.3 is 15.0 Å². The molecule has 0 unspecified atom stereocenters. The second-order valence-corrected chi connectivity index (χ2v) is 4.17. The van der Waals surface area contributed by atoms with Gasteiger partial charge in [0.1, 0.15) is 5.75 Å². The minimum Gasteiger partial charge on any atom is -0.494 e. The number of carbonyl (C=O) groups excluding carboxylic acids is 1. The number of benzene rings is 1. The summed E-state index contributed by atoms with van der Waals surface area (Å²) in [5.41, 5.74) is 1.01. The van der Waals surface area contributed by atoms with E-state index in [9.17, 15) is 4.79 Å². The van der Waals surface area contributed by atoms with Gasteiger partial charge in [0, 0.05) is 20.1 Å². The largest absolute Gasteiger partial charge is 0.494 e. The molecule has 0 spiro atoms. The minimum atomic E-state index is 0.134. The van der Waals surface area contributed by atoms with Crippen molar-refractivity contribution in [3.8, 4) is 5.75 Å². The fraction of sp³-hybridized carbons (Fsp3) is 0.500. The molecule has 1 rings (SSSR count). The van der Waals surface area contributed by atoms with Crippen LogP contribution in [0, 0.1) is 0 Å². The standard InChI is InChI=1S/C14H22N2O2/c1-4-18-13-7-5-12(6-8-13)11-14(17)16(3)10-9-15-2/h5-8,15H,4,9-11H2,1-3H3. The van der Waals surface area contributed by atoms with E-state index in [-0.39, 0.29) is 5.91 Å². The van der Waals surface area contributed by atoms with Gasteiger partial charge in [-0.05, 0) is 31.7 Å². The lowest BCUT2D eigenvalue weighted by molar-refractivity contribution is -0.129. The number of nitrogens with one attached hydrogen (secondary N) is 1. The third kappa shape index (κ3) is 4.75. The maximum absolute atomic E-state index is 11.9. The van der Waals surface area contributed by atoms with E-state index in [0.717, 1.165) is 24.4 Å². The zero-order valence-corrected chi connectivity index (χ0v) is 11.4. The van der Waals surface area contributed by atoms with Crippen molar-refractivity contribution in [1.29, 1.82) is 0 Å². The van der Waals surface area contributed by atoms with Gasteiger partial charge in [-0.3, -0.25) is 4.79 Å². The zero-order chi connectivity index (χ0) is 13.4. The van der Waals surface area contributed by atoms with E-state index in [1.54, 1.807) is 4.90 Å². The van der Waals surface area contributed by atoms with E-state index < -0.39 is 0 Å². The van der Waals surface area contributed by atoms with E-state index in [4.69, 9.17) is 4.74 Å². The predicted molar refractivity (Wildman–Crippen MR) is 72.9 cm³/mol. The quantitative estimate of drug-likeness (QED) is 0.793. The lowest BCUT2D eigenvalue weighted by Crippen LogP contribution is -2.33. The van der Waals surface area contributed by atoms with Crippen molar-refractivity contribution in [1.82, 2.24) is 10.2 Å². The third-order valence-corrected chi connectivity index (χ3v) is 2.71. The number of ether oxygens (including phenoxy) is 1. The zero-order valence-electron chi connectivity index (χ0n) is 11.4. The third-order valence-electron chi connectivity index (χ3n) is 2.71. The molecule has 0 atom stereocenters. The molecule has 4 nitrogen and oxygen atoms in total. The molecule has 0 aromatic heterocycles. The molecule has 1 aromatic rings. The fourth-order valence-corrected chi connectivity index (χ4v) is 1.58. The Bertz CT molecular complexity index is 363. The van der Waals surface area contributed by atoms with Gasteiger partial charge in [-0.15, -0.1) is 0 Å². The molecule has 0 bridgehead atoms. The number of nitrogens with zero attached hydrogens (tertiary/aromatic N) is 1. The van der Waals surface area contributed by atoms with Crippen molar-refractivity contribution in [2.75, 3.05) is 33.8 Å². The van der Waals surface area contributed by atoms with Crippen molar-refractivity contribution < 1.29 is 9.53 Å². The first kappa shape index (κ1) is 14.5. The number of likely N-dealkylation sites (N-methyl/N-ethyl adjacent to an activating group) is 2. The maximum atomic E-state index is 11.9. The molecule has 0 radical (unpaired) electrons. The van der Waals surface area contributed by atoms with Crippen LogP contribution < -0.4 is 10.1 Å². The summed E-state index contributed by atoms with van der Waals surface area (Å²) < 4.78 is 5.36. The number of hydrogen-bond donors (Lipinski definition) is 1. The van der Waals surface area contributed by atoms with Crippen LogP contribution in [-0.4, -0.2) is 44.6 Å². The van der Waals surface area contributed by atoms with Crippen molar-refractivity contribution in [2.45, 2.75) is 13.3 Å². The number of rotatable bonds is 7. The molecule has 0 saturated carbocycles. The first-order valence-electron chi connectivity index (χ1n) is 6.27. The monoisotopic (exact) mass is 250 g/mol. The van der Waals surface area contributed by atoms with E-state index >= 15 is 0 Å². The summed E-state index contributed by atoms with van der Waals surface area (Å²) in [6, 6.07) is 7.68. The van der Waals surface area contributed by atoms with Crippen LogP contribution in [0.2, 0.25) is 0 Å². The van der Waals surface area contributed by atoms with Crippen molar-refractivity contribution >= 4 is 5.91 Å². The predicted octanol–water partition coefficient (Wildman–Crippen LogP) is 1.31. The average molecular weight is 250 g/mol. The van der Waals surface area contributed by atoms with Crippen molar-refractivity contribution in [2.24, 2.45) is 0 Å². The summed E-state index contributed by atoms with van der Waals surface area (Å²) in [5.74, 6) is 0.978. The molecule has 1 aromatic carbocycles. The maximum Gasteiger partial charge on any atom is 0.226 e. The average Bonchev–Trinajstić information content (AvgIpc) is 2.38. The molecule has 4 heteroatoms. The molecule has 18 heavy (non-hydrogen) atoms. The van der Waals surface area contributed by atoms with Gasteiger partial charge in [-0.2, -0.15) is 0 Å². The fourth-order valence-electron chi connectivity index (χ4n) is 1.58. The van der Waals surface area contributed by atoms with Crippen LogP contribution in [-0.2, 0) is 11.2 Å². The molecule has 0 aliphatic rings. The highest BCUT2D eigenvalue weighted by Crippen LogP contribution is 2.12. The molecule has 1 amide bonds. The SMILES string of the molecule is CCOc1ccc(CC(=O)N(C)CCNC)cc1. The molecule has 0 fully saturated rings. The lowest BCUT2D eigenvalue weighted by atomic mass is 10.1. The summed E-state index contributed by atoms with van der Waals surface area (Å²) in [6.45, 7) is 4.15. The highest BCUT2D eigenvalue weighted by molar-refractivity contribution is 5.78. The van der Waals surface area contributed by atoms with Crippen molar-refractivity contribution in [3.05, 3.63) is 29.8 Å². The van der Waals surface area contributed by atoms with Gasteiger partial charge in [-0.1, -0.05) is 12.1 Å². The summed E-state index contributed by atoms with van der Waals surface area (Å²) in [6.07, 6.45) is 0.437. The second-order valence-electron chi connectivity index (χ2n) is 4.17. The summed E-state index contributed by atoms with van der Waals surface area (Å²) in [5, 5.41) is 3.03. The molecule has 100 valence electrons. The number of hydrogen-bond acceptors (Lipinski definition) is 3. The van der Waals surface area contributed by atoms with Crippen LogP contribution in [0.15, 0.2) is 24.3 Å². The topological polar surface area (TPSA) is 41.6 Å². The molecular weight excluding hydrogens is 228 g/mol. The summed E-state index contributed by atoms with van der Waals surface area (Å²) >= 11 is 0. The van der Waals surface area contributed by atoms with Gasteiger partial charge in [0.25, 0.3) is 0 Å². The normalized spacial score (nSPS) is 10.2. The van der Waals surface area contributed by atoms with Crippen LogP contribution in [0.25, 0.3) is 0 Å². The van der Waals surface area contributed by atoms with Gasteiger partial charge in [-0.25, -0.2) is 0 Å². The molecular formula is C14H22N2O2. The van der Waals surface area contributed by atoms with E-state index in [2.05, 4.69) is 5.32 Å². The van der Waals surface area contributed by atoms with Crippen LogP contribution in [0.1, 0.15) is 12.5 Å². The van der Waals surface area contributed by atoms with Crippen LogP contribution >= 0.6 is 0 Å². The second kappa shape index (κ2) is 7.71. The van der Waals surface area contributed by atoms with E-state index in [1.807, 2.05) is 45.3 Å². The summed E-state index contributed by atoms with van der Waals surface area (Å²) in [4.78, 5) is 13.6. The Kier molecular flexibility index (Phi) is 6.22. The molecule has 0 aliphatic heterocycles. The summed E-state index contributed by atoms with van der Waals surface area (Å²) in [7, 11) is 3.71. The van der Waals surface area contributed by atoms with E-state index in [1.165, 1.54) is 0 Å². The Labute approximate surface area is 109 Å². The number of amides is 1. The lowest BCUT2D eigenvalue weighted by Gasteiger charge is -2.16. The van der Waals surface area contributed by atoms with Crippen LogP contribution in [0.3, 0.4) is 0 Å². The Balaban J connectivity index is 2.48. The van der Waals surface area contributed by atoms with E-state index in [0.29, 0.717) is 13.0 Å². The number of carbonyl (C=O) groups is 1. The minimum absolute atomic E-state index is 0.134. The molecule has 0 saturated heterocycles. The Hall–Kier alpha value is -1.55. The van der Waals surface area contributed by atoms with Gasteiger partial charge in [0.15, 0.2) is 0 Å². The Morgan fingerprint density at radius 2 is 2.00 bits per heavy atom. The highest BCUT2D eigenvalue weighted by atomic mass is 16.5. The Morgan fingerprint density at radius 3 is 2.56 bits per heavy atom. The van der Waals surface area contributed by atoms with Gasteiger partial charge >= 0.3 is 0 Å². The smallest absolute Gasteiger partial charge is 0.226 e. The van der Waals surface area contributed by atoms with Crippen LogP contribution in [0.5, 0.6) is 5.75 Å².